The third-order valence-electron chi connectivity index (χ3n) is 2.83. The molecule has 0 heterocycles. The lowest BCUT2D eigenvalue weighted by molar-refractivity contribution is 0.395. The molecule has 0 radical (unpaired) electrons. The van der Waals surface area contributed by atoms with Crippen LogP contribution in [0.2, 0.25) is 0 Å². The van der Waals surface area contributed by atoms with E-state index in [-0.39, 0.29) is 6.54 Å². The summed E-state index contributed by atoms with van der Waals surface area (Å²) in [6.07, 6.45) is 0. The Labute approximate surface area is 122 Å². The summed E-state index contributed by atoms with van der Waals surface area (Å²) in [5.74, 6) is -3.48. The number of anilines is 1. The molecule has 6 heteroatoms. The number of nitrogens with one attached hydrogen (secondary N) is 1. The minimum Gasteiger partial charge on any atom is -0.503 e. The topological polar surface area (TPSA) is 32.3 Å². The Morgan fingerprint density at radius 1 is 1.05 bits per heavy atom. The van der Waals surface area contributed by atoms with E-state index >= 15 is 0 Å². The van der Waals surface area contributed by atoms with E-state index in [0.717, 1.165) is 17.7 Å². The fourth-order valence-electron chi connectivity index (χ4n) is 1.75. The molecule has 0 fully saturated rings. The lowest BCUT2D eigenvalue weighted by atomic mass is 10.1. The molecule has 0 bridgehead atoms. The second kappa shape index (κ2) is 5.75. The number of halogens is 4. The normalized spacial score (nSPS) is 10.7. The van der Waals surface area contributed by atoms with Gasteiger partial charge in [-0.2, -0.15) is 0 Å². The summed E-state index contributed by atoms with van der Waals surface area (Å²) in [7, 11) is 0. The molecular weight excluding hydrogens is 335 g/mol. The summed E-state index contributed by atoms with van der Waals surface area (Å²) in [6, 6.07) is 4.95. The molecule has 0 saturated carbocycles. The van der Waals surface area contributed by atoms with Crippen LogP contribution in [0.15, 0.2) is 28.7 Å². The molecule has 2 aromatic rings. The fraction of sp³-hybridized carbons (Fsp3) is 0.143. The smallest absolute Gasteiger partial charge is 0.187 e. The van der Waals surface area contributed by atoms with Crippen LogP contribution in [0, 0.1) is 24.4 Å². The molecule has 0 atom stereocenters. The van der Waals surface area contributed by atoms with E-state index < -0.39 is 23.2 Å². The SMILES string of the molecule is Cc1cc(Br)c(F)cc1NCc1cc(F)c(O)c(F)c1. The van der Waals surface area contributed by atoms with Crippen molar-refractivity contribution in [3.63, 3.8) is 0 Å². The lowest BCUT2D eigenvalue weighted by Gasteiger charge is -2.11. The van der Waals surface area contributed by atoms with E-state index in [0.29, 0.717) is 15.7 Å². The number of phenolic OH excluding ortho intramolecular Hbond substituents is 1. The third kappa shape index (κ3) is 3.07. The number of rotatable bonds is 3. The highest BCUT2D eigenvalue weighted by atomic mass is 79.9. The molecule has 0 spiro atoms. The first-order valence-corrected chi connectivity index (χ1v) is 6.54. The highest BCUT2D eigenvalue weighted by molar-refractivity contribution is 9.10. The van der Waals surface area contributed by atoms with Crippen LogP contribution in [0.5, 0.6) is 5.75 Å². The minimum absolute atomic E-state index is 0.107. The molecule has 2 N–H and O–H groups in total. The van der Waals surface area contributed by atoms with E-state index in [4.69, 9.17) is 5.11 Å². The first-order valence-electron chi connectivity index (χ1n) is 5.75. The van der Waals surface area contributed by atoms with Gasteiger partial charge < -0.3 is 10.4 Å². The van der Waals surface area contributed by atoms with Crippen LogP contribution < -0.4 is 5.32 Å². The Morgan fingerprint density at radius 3 is 2.25 bits per heavy atom. The summed E-state index contributed by atoms with van der Waals surface area (Å²) in [5.41, 5.74) is 1.62. The number of benzene rings is 2. The van der Waals surface area contributed by atoms with Crippen molar-refractivity contribution < 1.29 is 18.3 Å². The van der Waals surface area contributed by atoms with E-state index in [1.54, 1.807) is 13.0 Å². The molecule has 0 saturated heterocycles. The molecule has 2 rings (SSSR count). The molecule has 0 aliphatic carbocycles. The Bertz CT molecular complexity index is 638. The van der Waals surface area contributed by atoms with Crippen LogP contribution in [0.25, 0.3) is 0 Å². The Kier molecular flexibility index (Phi) is 4.23. The highest BCUT2D eigenvalue weighted by Gasteiger charge is 2.10. The van der Waals surface area contributed by atoms with E-state index in [1.165, 1.54) is 6.07 Å². The van der Waals surface area contributed by atoms with Crippen molar-refractivity contribution >= 4 is 21.6 Å². The summed E-state index contributed by atoms with van der Waals surface area (Å²) in [4.78, 5) is 0. The van der Waals surface area contributed by atoms with Gasteiger partial charge in [0.25, 0.3) is 0 Å². The van der Waals surface area contributed by atoms with Gasteiger partial charge in [-0.1, -0.05) is 0 Å². The molecule has 106 valence electrons. The lowest BCUT2D eigenvalue weighted by Crippen LogP contribution is -2.03. The summed E-state index contributed by atoms with van der Waals surface area (Å²) < 4.78 is 40.1. The molecule has 0 amide bonds. The van der Waals surface area contributed by atoms with Crippen molar-refractivity contribution in [1.29, 1.82) is 0 Å². The quantitative estimate of drug-likeness (QED) is 0.858. The number of phenols is 1. The van der Waals surface area contributed by atoms with Crippen molar-refractivity contribution in [2.75, 3.05) is 5.32 Å². The zero-order valence-electron chi connectivity index (χ0n) is 10.5. The van der Waals surface area contributed by atoms with Crippen molar-refractivity contribution in [3.05, 3.63) is 57.3 Å². The van der Waals surface area contributed by atoms with Gasteiger partial charge in [-0.15, -0.1) is 0 Å². The van der Waals surface area contributed by atoms with Crippen LogP contribution in [0.4, 0.5) is 18.9 Å². The zero-order valence-corrected chi connectivity index (χ0v) is 12.1. The highest BCUT2D eigenvalue weighted by Crippen LogP contribution is 2.25. The van der Waals surface area contributed by atoms with Crippen molar-refractivity contribution in [2.45, 2.75) is 13.5 Å². The van der Waals surface area contributed by atoms with Gasteiger partial charge in [0.2, 0.25) is 0 Å². The number of aromatic hydroxyl groups is 1. The van der Waals surface area contributed by atoms with Gasteiger partial charge in [0.15, 0.2) is 17.4 Å². The average molecular weight is 346 g/mol. The number of aryl methyl sites for hydroxylation is 1. The molecule has 0 aliphatic heterocycles. The van der Waals surface area contributed by atoms with Crippen LogP contribution in [-0.2, 0) is 6.54 Å². The number of hydrogen-bond acceptors (Lipinski definition) is 2. The van der Waals surface area contributed by atoms with Gasteiger partial charge in [0, 0.05) is 12.2 Å². The first-order chi connectivity index (χ1) is 9.38. The summed E-state index contributed by atoms with van der Waals surface area (Å²) >= 11 is 3.07. The van der Waals surface area contributed by atoms with E-state index in [9.17, 15) is 13.2 Å². The first kappa shape index (κ1) is 14.7. The molecule has 2 aromatic carbocycles. The van der Waals surface area contributed by atoms with E-state index in [1.807, 2.05) is 0 Å². The van der Waals surface area contributed by atoms with Gasteiger partial charge >= 0.3 is 0 Å². The van der Waals surface area contributed by atoms with Crippen LogP contribution in [-0.4, -0.2) is 5.11 Å². The average Bonchev–Trinajstić information content (AvgIpc) is 2.38. The summed E-state index contributed by atoms with van der Waals surface area (Å²) in [5, 5.41) is 11.9. The maximum Gasteiger partial charge on any atom is 0.187 e. The molecule has 2 nitrogen and oxygen atoms in total. The molecule has 0 aliphatic rings. The van der Waals surface area contributed by atoms with E-state index in [2.05, 4.69) is 21.2 Å². The van der Waals surface area contributed by atoms with Gasteiger partial charge in [-0.25, -0.2) is 13.2 Å². The second-order valence-electron chi connectivity index (χ2n) is 4.34. The van der Waals surface area contributed by atoms with Gasteiger partial charge in [-0.05, 0) is 58.2 Å². The molecule has 20 heavy (non-hydrogen) atoms. The Morgan fingerprint density at radius 2 is 1.65 bits per heavy atom. The predicted molar refractivity (Wildman–Crippen MR) is 74.2 cm³/mol. The predicted octanol–water partition coefficient (Wildman–Crippen LogP) is 4.49. The molecular formula is C14H11BrF3NO. The molecule has 0 aromatic heterocycles. The maximum atomic E-state index is 13.4. The summed E-state index contributed by atoms with van der Waals surface area (Å²) in [6.45, 7) is 1.89. The fourth-order valence-corrected chi connectivity index (χ4v) is 2.21. The minimum atomic E-state index is -1.03. The van der Waals surface area contributed by atoms with Crippen molar-refractivity contribution in [3.8, 4) is 5.75 Å². The maximum absolute atomic E-state index is 13.4. The number of hydrogen-bond donors (Lipinski definition) is 2. The monoisotopic (exact) mass is 345 g/mol. The second-order valence-corrected chi connectivity index (χ2v) is 5.20. The Balaban J connectivity index is 2.19. The zero-order chi connectivity index (χ0) is 14.9. The van der Waals surface area contributed by atoms with Crippen LogP contribution in [0.1, 0.15) is 11.1 Å². The van der Waals surface area contributed by atoms with Crippen LogP contribution >= 0.6 is 15.9 Å². The van der Waals surface area contributed by atoms with Gasteiger partial charge in [0.1, 0.15) is 5.82 Å². The standard InChI is InChI=1S/C14H11BrF3NO/c1-7-2-9(15)10(16)5-13(7)19-6-8-3-11(17)14(20)12(18)4-8/h2-5,19-20H,6H2,1H3. The van der Waals surface area contributed by atoms with Crippen molar-refractivity contribution in [2.24, 2.45) is 0 Å². The van der Waals surface area contributed by atoms with Gasteiger partial charge in [0.05, 0.1) is 4.47 Å². The van der Waals surface area contributed by atoms with Crippen molar-refractivity contribution in [1.82, 2.24) is 0 Å². The van der Waals surface area contributed by atoms with Crippen LogP contribution in [0.3, 0.4) is 0 Å². The largest absolute Gasteiger partial charge is 0.503 e. The molecule has 0 unspecified atom stereocenters. The third-order valence-corrected chi connectivity index (χ3v) is 3.43. The Hall–Kier alpha value is -1.69. The van der Waals surface area contributed by atoms with Gasteiger partial charge in [-0.3, -0.25) is 0 Å².